The van der Waals surface area contributed by atoms with E-state index < -0.39 is 5.97 Å². The van der Waals surface area contributed by atoms with Crippen LogP contribution in [0.5, 0.6) is 5.75 Å². The van der Waals surface area contributed by atoms with Crippen molar-refractivity contribution in [3.63, 3.8) is 0 Å². The predicted molar refractivity (Wildman–Crippen MR) is 103 cm³/mol. The van der Waals surface area contributed by atoms with Crippen LogP contribution < -0.4 is 4.74 Å². The summed E-state index contributed by atoms with van der Waals surface area (Å²) in [5.74, 6) is 0.168. The molecule has 0 bridgehead atoms. The van der Waals surface area contributed by atoms with E-state index in [0.717, 1.165) is 5.39 Å². The van der Waals surface area contributed by atoms with Gasteiger partial charge < -0.3 is 9.15 Å². The lowest BCUT2D eigenvalue weighted by Crippen LogP contribution is -2.07. The molecule has 0 saturated carbocycles. The van der Waals surface area contributed by atoms with Crippen molar-refractivity contribution in [2.45, 2.75) is 6.92 Å². The lowest BCUT2D eigenvalue weighted by molar-refractivity contribution is -0.132. The van der Waals surface area contributed by atoms with Gasteiger partial charge in [0.15, 0.2) is 11.5 Å². The lowest BCUT2D eigenvalue weighted by atomic mass is 10.1. The van der Waals surface area contributed by atoms with Gasteiger partial charge >= 0.3 is 5.97 Å². The van der Waals surface area contributed by atoms with Gasteiger partial charge in [-0.2, -0.15) is 0 Å². The number of hydrogen-bond acceptors (Lipinski definition) is 4. The number of fused-ring (bicyclic) bond motifs is 1. The van der Waals surface area contributed by atoms with Crippen LogP contribution in [0, 0.1) is 7.14 Å². The van der Waals surface area contributed by atoms with Gasteiger partial charge in [-0.05, 0) is 69.4 Å². The SMILES string of the molecule is CC(=O)Oc1c(I)cc(C(=O)c2cc3ccccc3o2)cc1I. The average Bonchev–Trinajstić information content (AvgIpc) is 2.93. The first-order valence-electron chi connectivity index (χ1n) is 6.66. The first-order valence-corrected chi connectivity index (χ1v) is 8.82. The smallest absolute Gasteiger partial charge is 0.308 e. The number of benzene rings is 2. The third-order valence-electron chi connectivity index (χ3n) is 3.16. The Kier molecular flexibility index (Phi) is 4.72. The Morgan fingerprint density at radius 2 is 1.70 bits per heavy atom. The van der Waals surface area contributed by atoms with Crippen LogP contribution >= 0.6 is 45.2 Å². The van der Waals surface area contributed by atoms with Crippen LogP contribution in [0.2, 0.25) is 0 Å². The van der Waals surface area contributed by atoms with Gasteiger partial charge in [-0.15, -0.1) is 0 Å². The monoisotopic (exact) mass is 532 g/mol. The largest absolute Gasteiger partial charge is 0.453 e. The summed E-state index contributed by atoms with van der Waals surface area (Å²) in [5.41, 5.74) is 1.17. The molecule has 0 aliphatic rings. The summed E-state index contributed by atoms with van der Waals surface area (Å²) in [5, 5.41) is 0.886. The fourth-order valence-electron chi connectivity index (χ4n) is 2.17. The van der Waals surface area contributed by atoms with Gasteiger partial charge in [0.25, 0.3) is 0 Å². The molecule has 23 heavy (non-hydrogen) atoms. The molecule has 0 fully saturated rings. The zero-order valence-corrected chi connectivity index (χ0v) is 16.2. The van der Waals surface area contributed by atoms with E-state index in [4.69, 9.17) is 9.15 Å². The maximum atomic E-state index is 12.6. The standard InChI is InChI=1S/C17H10I2O4/c1-9(20)22-17-12(18)6-11(7-13(17)19)16(21)15-8-10-4-2-3-5-14(10)23-15/h2-8H,1H3. The zero-order chi connectivity index (χ0) is 16.6. The Morgan fingerprint density at radius 1 is 1.04 bits per heavy atom. The van der Waals surface area contributed by atoms with E-state index in [2.05, 4.69) is 0 Å². The first-order chi connectivity index (χ1) is 11.0. The normalized spacial score (nSPS) is 10.7. The molecular weight excluding hydrogens is 522 g/mol. The third-order valence-corrected chi connectivity index (χ3v) is 4.76. The van der Waals surface area contributed by atoms with Crippen molar-refractivity contribution in [3.05, 3.63) is 60.9 Å². The minimum absolute atomic E-state index is 0.202. The lowest BCUT2D eigenvalue weighted by Gasteiger charge is -2.08. The summed E-state index contributed by atoms with van der Waals surface area (Å²) in [4.78, 5) is 23.8. The molecule has 6 heteroatoms. The topological polar surface area (TPSA) is 56.5 Å². The first kappa shape index (κ1) is 16.4. The molecule has 0 N–H and O–H groups in total. The molecule has 0 aliphatic carbocycles. The number of rotatable bonds is 3. The fraction of sp³-hybridized carbons (Fsp3) is 0.0588. The van der Waals surface area contributed by atoms with Crippen molar-refractivity contribution in [2.75, 3.05) is 0 Å². The zero-order valence-electron chi connectivity index (χ0n) is 11.9. The second-order valence-electron chi connectivity index (χ2n) is 4.84. The maximum Gasteiger partial charge on any atom is 0.308 e. The molecule has 0 radical (unpaired) electrons. The van der Waals surface area contributed by atoms with Crippen LogP contribution in [0.4, 0.5) is 0 Å². The molecule has 0 aliphatic heterocycles. The number of carbonyl (C=O) groups is 2. The van der Waals surface area contributed by atoms with E-state index in [9.17, 15) is 9.59 Å². The Morgan fingerprint density at radius 3 is 2.30 bits per heavy atom. The van der Waals surface area contributed by atoms with Crippen molar-refractivity contribution in [3.8, 4) is 5.75 Å². The number of furan rings is 1. The van der Waals surface area contributed by atoms with Gasteiger partial charge in [0, 0.05) is 17.9 Å². The summed E-state index contributed by atoms with van der Waals surface area (Å²) >= 11 is 4.09. The highest BCUT2D eigenvalue weighted by Gasteiger charge is 2.19. The quantitative estimate of drug-likeness (QED) is 0.211. The molecule has 0 spiro atoms. The van der Waals surface area contributed by atoms with E-state index >= 15 is 0 Å². The number of ketones is 1. The molecule has 0 unspecified atom stereocenters. The van der Waals surface area contributed by atoms with E-state index in [1.165, 1.54) is 6.92 Å². The summed E-state index contributed by atoms with van der Waals surface area (Å²) in [6, 6.07) is 12.6. The minimum Gasteiger partial charge on any atom is -0.453 e. The molecule has 3 aromatic rings. The molecular formula is C17H10I2O4. The Labute approximate surface area is 159 Å². The molecule has 4 nitrogen and oxygen atoms in total. The van der Waals surface area contributed by atoms with Crippen LogP contribution in [0.3, 0.4) is 0 Å². The van der Waals surface area contributed by atoms with Crippen molar-refractivity contribution in [1.29, 1.82) is 0 Å². The highest BCUT2D eigenvalue weighted by atomic mass is 127. The molecule has 1 aromatic heterocycles. The van der Waals surface area contributed by atoms with E-state index in [0.29, 0.717) is 24.0 Å². The second-order valence-corrected chi connectivity index (χ2v) is 7.16. The van der Waals surface area contributed by atoms with E-state index in [-0.39, 0.29) is 11.5 Å². The summed E-state index contributed by atoms with van der Waals surface area (Å²) < 4.78 is 12.2. The van der Waals surface area contributed by atoms with Crippen molar-refractivity contribution < 1.29 is 18.7 Å². The molecule has 3 rings (SSSR count). The van der Waals surface area contributed by atoms with Gasteiger partial charge in [0.2, 0.25) is 5.78 Å². The van der Waals surface area contributed by atoms with Crippen molar-refractivity contribution in [2.24, 2.45) is 0 Å². The van der Waals surface area contributed by atoms with Crippen LogP contribution in [-0.2, 0) is 4.79 Å². The van der Waals surface area contributed by atoms with Crippen LogP contribution in [0.1, 0.15) is 23.0 Å². The second kappa shape index (κ2) is 6.60. The van der Waals surface area contributed by atoms with Gasteiger partial charge in [-0.3, -0.25) is 9.59 Å². The number of halogens is 2. The summed E-state index contributed by atoms with van der Waals surface area (Å²) in [7, 11) is 0. The Bertz CT molecular complexity index is 871. The van der Waals surface area contributed by atoms with Gasteiger partial charge in [-0.1, -0.05) is 18.2 Å². The number of hydrogen-bond donors (Lipinski definition) is 0. The van der Waals surface area contributed by atoms with Crippen LogP contribution in [0.15, 0.2) is 46.9 Å². The van der Waals surface area contributed by atoms with Crippen LogP contribution in [-0.4, -0.2) is 11.8 Å². The predicted octanol–water partition coefficient (Wildman–Crippen LogP) is 4.80. The summed E-state index contributed by atoms with van der Waals surface area (Å²) in [6.07, 6.45) is 0. The third kappa shape index (κ3) is 3.42. The molecule has 0 amide bonds. The number of esters is 1. The van der Waals surface area contributed by atoms with Gasteiger partial charge in [-0.25, -0.2) is 0 Å². The Balaban J connectivity index is 2.00. The Hall–Kier alpha value is -1.42. The van der Waals surface area contributed by atoms with Gasteiger partial charge in [0.05, 0.1) is 7.14 Å². The van der Waals surface area contributed by atoms with E-state index in [1.807, 2.05) is 69.4 Å². The molecule has 2 aromatic carbocycles. The van der Waals surface area contributed by atoms with E-state index in [1.54, 1.807) is 18.2 Å². The van der Waals surface area contributed by atoms with Crippen molar-refractivity contribution >= 4 is 67.9 Å². The molecule has 0 saturated heterocycles. The fourth-order valence-corrected chi connectivity index (χ4v) is 4.16. The van der Waals surface area contributed by atoms with Crippen molar-refractivity contribution in [1.82, 2.24) is 0 Å². The highest BCUT2D eigenvalue weighted by Crippen LogP contribution is 2.30. The van der Waals surface area contributed by atoms with Gasteiger partial charge in [0.1, 0.15) is 5.58 Å². The molecule has 1 heterocycles. The summed E-state index contributed by atoms with van der Waals surface area (Å²) in [6.45, 7) is 1.35. The average molecular weight is 532 g/mol. The number of ether oxygens (including phenoxy) is 1. The minimum atomic E-state index is -0.391. The number of carbonyl (C=O) groups excluding carboxylic acids is 2. The maximum absolute atomic E-state index is 12.6. The van der Waals surface area contributed by atoms with Crippen LogP contribution in [0.25, 0.3) is 11.0 Å². The number of para-hydroxylation sites is 1. The highest BCUT2D eigenvalue weighted by molar-refractivity contribution is 14.1. The molecule has 0 atom stereocenters. The molecule has 116 valence electrons.